The summed E-state index contributed by atoms with van der Waals surface area (Å²) in [6, 6.07) is 5.98. The first-order chi connectivity index (χ1) is 9.03. The number of nitrogens with one attached hydrogen (secondary N) is 1. The minimum Gasteiger partial charge on any atom is -0.326 e. The van der Waals surface area contributed by atoms with Crippen LogP contribution in [0.3, 0.4) is 0 Å². The Morgan fingerprint density at radius 1 is 1.21 bits per heavy atom. The van der Waals surface area contributed by atoms with Crippen molar-refractivity contribution in [1.82, 2.24) is 0 Å². The fourth-order valence-corrected chi connectivity index (χ4v) is 4.64. The molecular weight excluding hydrogens is 262 g/mol. The molecule has 1 N–H and O–H groups in total. The van der Waals surface area contributed by atoms with E-state index in [4.69, 9.17) is 0 Å². The van der Waals surface area contributed by atoms with Gasteiger partial charge in [0.05, 0.1) is 17.4 Å². The van der Waals surface area contributed by atoms with E-state index in [0.29, 0.717) is 6.42 Å². The second kappa shape index (κ2) is 4.63. The average Bonchev–Trinajstić information content (AvgIpc) is 2.94. The van der Waals surface area contributed by atoms with Crippen LogP contribution in [-0.4, -0.2) is 25.8 Å². The summed E-state index contributed by atoms with van der Waals surface area (Å²) < 4.78 is 22.7. The van der Waals surface area contributed by atoms with E-state index in [9.17, 15) is 13.2 Å². The van der Waals surface area contributed by atoms with E-state index in [0.717, 1.165) is 18.5 Å². The van der Waals surface area contributed by atoms with Crippen molar-refractivity contribution < 1.29 is 13.2 Å². The van der Waals surface area contributed by atoms with Gasteiger partial charge in [0.25, 0.3) is 0 Å². The van der Waals surface area contributed by atoms with E-state index < -0.39 is 15.8 Å². The van der Waals surface area contributed by atoms with Gasteiger partial charge >= 0.3 is 0 Å². The van der Waals surface area contributed by atoms with Crippen LogP contribution in [0, 0.1) is 5.92 Å². The van der Waals surface area contributed by atoms with Crippen molar-refractivity contribution >= 4 is 21.4 Å². The van der Waals surface area contributed by atoms with Gasteiger partial charge in [0, 0.05) is 5.69 Å². The van der Waals surface area contributed by atoms with Crippen molar-refractivity contribution in [3.05, 3.63) is 29.3 Å². The topological polar surface area (TPSA) is 63.2 Å². The van der Waals surface area contributed by atoms with Crippen molar-refractivity contribution in [2.24, 2.45) is 5.92 Å². The van der Waals surface area contributed by atoms with E-state index in [-0.39, 0.29) is 17.4 Å². The monoisotopic (exact) mass is 279 g/mol. The molecule has 1 amide bonds. The molecule has 1 aliphatic carbocycles. The molecule has 1 saturated heterocycles. The molecule has 2 aliphatic rings. The summed E-state index contributed by atoms with van der Waals surface area (Å²) in [5.74, 6) is -0.434. The Balaban J connectivity index is 1.70. The van der Waals surface area contributed by atoms with Crippen LogP contribution < -0.4 is 5.32 Å². The zero-order valence-corrected chi connectivity index (χ0v) is 11.5. The van der Waals surface area contributed by atoms with Crippen molar-refractivity contribution in [3.63, 3.8) is 0 Å². The summed E-state index contributed by atoms with van der Waals surface area (Å²) in [7, 11) is -3.00. The summed E-state index contributed by atoms with van der Waals surface area (Å²) in [6.45, 7) is 0. The Morgan fingerprint density at radius 2 is 2.00 bits per heavy atom. The zero-order valence-electron chi connectivity index (χ0n) is 10.7. The lowest BCUT2D eigenvalue weighted by atomic mass is 10.1. The largest absolute Gasteiger partial charge is 0.326 e. The molecule has 0 spiro atoms. The Kier molecular flexibility index (Phi) is 3.09. The number of carbonyl (C=O) groups is 1. The van der Waals surface area contributed by atoms with Crippen LogP contribution in [0.15, 0.2) is 18.2 Å². The first-order valence-electron chi connectivity index (χ1n) is 6.67. The zero-order chi connectivity index (χ0) is 13.5. The van der Waals surface area contributed by atoms with Crippen molar-refractivity contribution in [2.45, 2.75) is 25.7 Å². The SMILES string of the molecule is O=C(Nc1ccc2c(c1)CCC2)[C@@H]1CCS(=O)(=O)C1. The second-order valence-electron chi connectivity index (χ2n) is 5.43. The number of carbonyl (C=O) groups excluding carboxylic acids is 1. The standard InChI is InChI=1S/C14H17NO3S/c16-14(12-6-7-19(17,18)9-12)15-13-5-4-10-2-1-3-11(10)8-13/h4-5,8,12H,1-3,6-7,9H2,(H,15,16)/t12-/m1/s1. The molecule has 5 heteroatoms. The molecule has 1 aliphatic heterocycles. The van der Waals surface area contributed by atoms with E-state index in [1.165, 1.54) is 17.5 Å². The van der Waals surface area contributed by atoms with Gasteiger partial charge in [0.2, 0.25) is 5.91 Å². The van der Waals surface area contributed by atoms with E-state index in [1.54, 1.807) is 0 Å². The highest BCUT2D eigenvalue weighted by Gasteiger charge is 2.32. The quantitative estimate of drug-likeness (QED) is 0.893. The second-order valence-corrected chi connectivity index (χ2v) is 7.65. The molecule has 0 saturated carbocycles. The smallest absolute Gasteiger partial charge is 0.228 e. The molecule has 1 fully saturated rings. The van der Waals surface area contributed by atoms with Crippen LogP contribution in [0.2, 0.25) is 0 Å². The van der Waals surface area contributed by atoms with E-state index in [1.807, 2.05) is 12.1 Å². The van der Waals surface area contributed by atoms with Crippen LogP contribution in [-0.2, 0) is 27.5 Å². The highest BCUT2D eigenvalue weighted by molar-refractivity contribution is 7.91. The van der Waals surface area contributed by atoms with Gasteiger partial charge in [0.15, 0.2) is 9.84 Å². The molecule has 102 valence electrons. The third kappa shape index (κ3) is 2.66. The van der Waals surface area contributed by atoms with Crippen LogP contribution in [0.5, 0.6) is 0 Å². The van der Waals surface area contributed by atoms with Gasteiger partial charge in [-0.1, -0.05) is 6.07 Å². The normalized spacial score (nSPS) is 24.1. The number of rotatable bonds is 2. The lowest BCUT2D eigenvalue weighted by Crippen LogP contribution is -2.23. The first-order valence-corrected chi connectivity index (χ1v) is 8.49. The van der Waals surface area contributed by atoms with Crippen LogP contribution in [0.1, 0.15) is 24.0 Å². The summed E-state index contributed by atoms with van der Waals surface area (Å²) >= 11 is 0. The highest BCUT2D eigenvalue weighted by atomic mass is 32.2. The number of aryl methyl sites for hydroxylation is 2. The molecule has 0 aromatic heterocycles. The predicted molar refractivity (Wildman–Crippen MR) is 73.9 cm³/mol. The van der Waals surface area contributed by atoms with Crippen LogP contribution in [0.25, 0.3) is 0 Å². The number of fused-ring (bicyclic) bond motifs is 1. The van der Waals surface area contributed by atoms with E-state index >= 15 is 0 Å². The fourth-order valence-electron chi connectivity index (χ4n) is 2.90. The van der Waals surface area contributed by atoms with Gasteiger partial charge in [-0.15, -0.1) is 0 Å². The maximum Gasteiger partial charge on any atom is 0.228 e. The molecule has 1 atom stereocenters. The minimum atomic E-state index is -3.00. The van der Waals surface area contributed by atoms with Crippen LogP contribution in [0.4, 0.5) is 5.69 Å². The molecule has 1 heterocycles. The summed E-state index contributed by atoms with van der Waals surface area (Å²) in [6.07, 6.45) is 3.80. The fraction of sp³-hybridized carbons (Fsp3) is 0.500. The van der Waals surface area contributed by atoms with Gasteiger partial charge < -0.3 is 5.32 Å². The Hall–Kier alpha value is -1.36. The third-order valence-corrected chi connectivity index (χ3v) is 5.74. The molecule has 0 unspecified atom stereocenters. The molecular formula is C14H17NO3S. The van der Waals surface area contributed by atoms with Crippen molar-refractivity contribution in [2.75, 3.05) is 16.8 Å². The molecule has 4 nitrogen and oxygen atoms in total. The third-order valence-electron chi connectivity index (χ3n) is 3.97. The maximum absolute atomic E-state index is 12.0. The average molecular weight is 279 g/mol. The number of benzene rings is 1. The molecule has 0 radical (unpaired) electrons. The van der Waals surface area contributed by atoms with E-state index in [2.05, 4.69) is 11.4 Å². The van der Waals surface area contributed by atoms with Gasteiger partial charge in [-0.25, -0.2) is 8.42 Å². The number of amides is 1. The lowest BCUT2D eigenvalue weighted by molar-refractivity contribution is -0.119. The number of anilines is 1. The molecule has 1 aromatic rings. The Morgan fingerprint density at radius 3 is 2.74 bits per heavy atom. The number of hydrogen-bond acceptors (Lipinski definition) is 3. The maximum atomic E-state index is 12.0. The summed E-state index contributed by atoms with van der Waals surface area (Å²) in [4.78, 5) is 12.0. The molecule has 1 aromatic carbocycles. The van der Waals surface area contributed by atoms with Crippen molar-refractivity contribution in [1.29, 1.82) is 0 Å². The molecule has 0 bridgehead atoms. The molecule has 19 heavy (non-hydrogen) atoms. The highest BCUT2D eigenvalue weighted by Crippen LogP contribution is 2.26. The summed E-state index contributed by atoms with van der Waals surface area (Å²) in [5.41, 5.74) is 3.45. The Labute approximate surface area is 113 Å². The summed E-state index contributed by atoms with van der Waals surface area (Å²) in [5, 5.41) is 2.85. The van der Waals surface area contributed by atoms with Gasteiger partial charge in [-0.3, -0.25) is 4.79 Å². The lowest BCUT2D eigenvalue weighted by Gasteiger charge is -2.10. The predicted octanol–water partition coefficient (Wildman–Crippen LogP) is 1.55. The number of hydrogen-bond donors (Lipinski definition) is 1. The molecule has 3 rings (SSSR count). The van der Waals surface area contributed by atoms with Gasteiger partial charge in [-0.2, -0.15) is 0 Å². The minimum absolute atomic E-state index is 0.0101. The Bertz CT molecular complexity index is 622. The van der Waals surface area contributed by atoms with Gasteiger partial charge in [0.1, 0.15) is 0 Å². The van der Waals surface area contributed by atoms with Crippen LogP contribution >= 0.6 is 0 Å². The van der Waals surface area contributed by atoms with Crippen molar-refractivity contribution in [3.8, 4) is 0 Å². The van der Waals surface area contributed by atoms with Gasteiger partial charge in [-0.05, 0) is 48.9 Å². The first kappa shape index (κ1) is 12.7. The number of sulfone groups is 1.